The van der Waals surface area contributed by atoms with E-state index in [0.29, 0.717) is 19.6 Å². The van der Waals surface area contributed by atoms with Crippen LogP contribution in [0.4, 0.5) is 5.82 Å². The summed E-state index contributed by atoms with van der Waals surface area (Å²) >= 11 is 8.84. The number of hydrogen-bond donors (Lipinski definition) is 2. The summed E-state index contributed by atoms with van der Waals surface area (Å²) < 4.78 is 33.4. The Balaban J connectivity index is 2.52. The van der Waals surface area contributed by atoms with Crippen LogP contribution in [-0.4, -0.2) is 38.1 Å². The predicted molar refractivity (Wildman–Crippen MR) is 76.4 cm³/mol. The molecule has 2 N–H and O–H groups in total. The molecule has 0 aliphatic rings. The maximum absolute atomic E-state index is 11.7. The van der Waals surface area contributed by atoms with Crippen LogP contribution in [0.5, 0.6) is 0 Å². The topological polar surface area (TPSA) is 93.2 Å². The SMILES string of the molecule is CCOCCCNS(=O)(=O)Nc1ncnc(Cl)c1Br. The van der Waals surface area contributed by atoms with Gasteiger partial charge in [-0.1, -0.05) is 11.6 Å². The van der Waals surface area contributed by atoms with Gasteiger partial charge in [0, 0.05) is 19.8 Å². The van der Waals surface area contributed by atoms with Gasteiger partial charge in [-0.25, -0.2) is 9.97 Å². The Morgan fingerprint density at radius 2 is 2.21 bits per heavy atom. The van der Waals surface area contributed by atoms with Crippen molar-refractivity contribution in [1.29, 1.82) is 0 Å². The van der Waals surface area contributed by atoms with Crippen LogP contribution in [0.25, 0.3) is 0 Å². The van der Waals surface area contributed by atoms with Crippen LogP contribution in [0.2, 0.25) is 5.15 Å². The monoisotopic (exact) mass is 372 g/mol. The van der Waals surface area contributed by atoms with Gasteiger partial charge in [-0.3, -0.25) is 4.72 Å². The zero-order valence-corrected chi connectivity index (χ0v) is 13.3. The number of anilines is 1. The quantitative estimate of drug-likeness (QED) is 0.533. The van der Waals surface area contributed by atoms with E-state index in [1.54, 1.807) is 0 Å². The fraction of sp³-hybridized carbons (Fsp3) is 0.556. The van der Waals surface area contributed by atoms with E-state index in [9.17, 15) is 8.42 Å². The molecule has 0 unspecified atom stereocenters. The van der Waals surface area contributed by atoms with Crippen LogP contribution in [0.1, 0.15) is 13.3 Å². The molecule has 0 radical (unpaired) electrons. The highest BCUT2D eigenvalue weighted by Gasteiger charge is 2.14. The number of aromatic nitrogens is 2. The van der Waals surface area contributed by atoms with E-state index in [1.807, 2.05) is 6.92 Å². The van der Waals surface area contributed by atoms with E-state index in [1.165, 1.54) is 6.33 Å². The minimum absolute atomic E-state index is 0.0808. The molecule has 7 nitrogen and oxygen atoms in total. The van der Waals surface area contributed by atoms with Crippen LogP contribution in [-0.2, 0) is 14.9 Å². The van der Waals surface area contributed by atoms with Crippen LogP contribution >= 0.6 is 27.5 Å². The number of hydrogen-bond acceptors (Lipinski definition) is 5. The lowest BCUT2D eigenvalue weighted by Crippen LogP contribution is -2.31. The second-order valence-electron chi connectivity index (χ2n) is 3.38. The highest BCUT2D eigenvalue weighted by atomic mass is 79.9. The second kappa shape index (κ2) is 7.95. The Morgan fingerprint density at radius 3 is 2.89 bits per heavy atom. The molecule has 1 rings (SSSR count). The normalized spacial score (nSPS) is 11.5. The van der Waals surface area contributed by atoms with Gasteiger partial charge in [-0.2, -0.15) is 13.1 Å². The summed E-state index contributed by atoms with van der Waals surface area (Å²) in [6.45, 7) is 3.26. The molecule has 108 valence electrons. The van der Waals surface area contributed by atoms with Gasteiger partial charge in [0.05, 0.1) is 4.47 Å². The molecular weight excluding hydrogens is 360 g/mol. The zero-order valence-electron chi connectivity index (χ0n) is 10.2. The summed E-state index contributed by atoms with van der Waals surface area (Å²) in [7, 11) is -3.70. The predicted octanol–water partition coefficient (Wildman–Crippen LogP) is 1.57. The molecule has 1 aromatic rings. The van der Waals surface area contributed by atoms with Crippen molar-refractivity contribution in [3.05, 3.63) is 16.0 Å². The summed E-state index contributed by atoms with van der Waals surface area (Å²) in [6.07, 6.45) is 1.75. The molecule has 19 heavy (non-hydrogen) atoms. The van der Waals surface area contributed by atoms with Gasteiger partial charge < -0.3 is 4.74 Å². The summed E-state index contributed by atoms with van der Waals surface area (Å²) in [5.41, 5.74) is 0. The number of nitrogens with one attached hydrogen (secondary N) is 2. The van der Waals surface area contributed by atoms with Gasteiger partial charge in [-0.05, 0) is 29.3 Å². The number of halogens is 2. The Morgan fingerprint density at radius 1 is 1.47 bits per heavy atom. The lowest BCUT2D eigenvalue weighted by molar-refractivity contribution is 0.146. The fourth-order valence-electron chi connectivity index (χ4n) is 1.11. The van der Waals surface area contributed by atoms with Gasteiger partial charge in [0.1, 0.15) is 11.5 Å². The molecule has 1 aromatic heterocycles. The van der Waals surface area contributed by atoms with E-state index in [2.05, 4.69) is 35.3 Å². The fourth-order valence-corrected chi connectivity index (χ4v) is 2.57. The van der Waals surface area contributed by atoms with Gasteiger partial charge in [0.25, 0.3) is 10.2 Å². The van der Waals surface area contributed by atoms with Gasteiger partial charge in [-0.15, -0.1) is 0 Å². The maximum Gasteiger partial charge on any atom is 0.300 e. The highest BCUT2D eigenvalue weighted by Crippen LogP contribution is 2.26. The Hall–Kier alpha value is -0.480. The molecule has 0 atom stereocenters. The first-order chi connectivity index (χ1) is 8.96. The molecular formula is C9H14BrClN4O3S. The van der Waals surface area contributed by atoms with Crippen LogP contribution in [0.15, 0.2) is 10.8 Å². The first kappa shape index (κ1) is 16.6. The Kier molecular flexibility index (Phi) is 6.94. The summed E-state index contributed by atoms with van der Waals surface area (Å²) in [6, 6.07) is 0. The zero-order chi connectivity index (χ0) is 14.3. The molecule has 0 bridgehead atoms. The summed E-state index contributed by atoms with van der Waals surface area (Å²) in [4.78, 5) is 7.49. The molecule has 10 heteroatoms. The molecule has 0 aliphatic heterocycles. The molecule has 0 fully saturated rings. The molecule has 0 saturated carbocycles. The van der Waals surface area contributed by atoms with Crippen LogP contribution in [0, 0.1) is 0 Å². The third-order valence-electron chi connectivity index (χ3n) is 1.94. The van der Waals surface area contributed by atoms with Crippen molar-refractivity contribution >= 4 is 43.6 Å². The molecule has 1 heterocycles. The van der Waals surface area contributed by atoms with E-state index >= 15 is 0 Å². The number of rotatable bonds is 8. The van der Waals surface area contributed by atoms with Crippen molar-refractivity contribution in [2.24, 2.45) is 0 Å². The van der Waals surface area contributed by atoms with Crippen LogP contribution < -0.4 is 9.44 Å². The standard InChI is InChI=1S/C9H14BrClN4O3S/c1-2-18-5-3-4-14-19(16,17)15-9-7(10)8(11)12-6-13-9/h6,14H,2-5H2,1H3,(H,12,13,15). The molecule has 0 spiro atoms. The van der Waals surface area contributed by atoms with E-state index in [4.69, 9.17) is 16.3 Å². The third-order valence-corrected chi connectivity index (χ3v) is 4.25. The summed E-state index contributed by atoms with van der Waals surface area (Å²) in [5, 5.41) is 0.129. The summed E-state index contributed by atoms with van der Waals surface area (Å²) in [5.74, 6) is 0.0808. The first-order valence-electron chi connectivity index (χ1n) is 5.47. The minimum Gasteiger partial charge on any atom is -0.382 e. The van der Waals surface area contributed by atoms with Crippen molar-refractivity contribution in [3.63, 3.8) is 0 Å². The van der Waals surface area contributed by atoms with E-state index in [-0.39, 0.29) is 22.0 Å². The van der Waals surface area contributed by atoms with E-state index < -0.39 is 10.2 Å². The van der Waals surface area contributed by atoms with Gasteiger partial charge in [0.2, 0.25) is 0 Å². The minimum atomic E-state index is -3.70. The second-order valence-corrected chi connectivity index (χ2v) is 6.03. The van der Waals surface area contributed by atoms with Crippen molar-refractivity contribution in [3.8, 4) is 0 Å². The van der Waals surface area contributed by atoms with Crippen molar-refractivity contribution in [1.82, 2.24) is 14.7 Å². The Labute approximate surface area is 125 Å². The molecule has 0 saturated heterocycles. The van der Waals surface area contributed by atoms with E-state index in [0.717, 1.165) is 0 Å². The third kappa shape index (κ3) is 6.00. The molecule has 0 aliphatic carbocycles. The number of nitrogens with zero attached hydrogens (tertiary/aromatic N) is 2. The largest absolute Gasteiger partial charge is 0.382 e. The number of ether oxygens (including phenoxy) is 1. The smallest absolute Gasteiger partial charge is 0.300 e. The van der Waals surface area contributed by atoms with Crippen molar-refractivity contribution in [2.45, 2.75) is 13.3 Å². The lowest BCUT2D eigenvalue weighted by atomic mass is 10.5. The maximum atomic E-state index is 11.7. The van der Waals surface area contributed by atoms with Gasteiger partial charge in [0.15, 0.2) is 5.82 Å². The van der Waals surface area contributed by atoms with Crippen molar-refractivity contribution in [2.75, 3.05) is 24.5 Å². The highest BCUT2D eigenvalue weighted by molar-refractivity contribution is 9.10. The average Bonchev–Trinajstić information content (AvgIpc) is 2.34. The molecule has 0 amide bonds. The van der Waals surface area contributed by atoms with Crippen molar-refractivity contribution < 1.29 is 13.2 Å². The van der Waals surface area contributed by atoms with Gasteiger partial charge >= 0.3 is 0 Å². The Bertz CT molecular complexity index is 514. The van der Waals surface area contributed by atoms with Crippen LogP contribution in [0.3, 0.4) is 0 Å². The average molecular weight is 374 g/mol. The lowest BCUT2D eigenvalue weighted by Gasteiger charge is -2.10. The first-order valence-corrected chi connectivity index (χ1v) is 8.13. The molecule has 0 aromatic carbocycles.